The van der Waals surface area contributed by atoms with Crippen molar-refractivity contribution in [2.24, 2.45) is 0 Å². The van der Waals surface area contributed by atoms with Crippen molar-refractivity contribution in [2.45, 2.75) is 72.4 Å². The Bertz CT molecular complexity index is 320. The van der Waals surface area contributed by atoms with Crippen LogP contribution in [0, 0.1) is 13.8 Å². The van der Waals surface area contributed by atoms with E-state index in [9.17, 15) is 0 Å². The van der Waals surface area contributed by atoms with Crippen molar-refractivity contribution in [3.63, 3.8) is 0 Å². The number of nitrogens with one attached hydrogen (secondary N) is 1. The van der Waals surface area contributed by atoms with Gasteiger partial charge in [-0.3, -0.25) is 0 Å². The highest BCUT2D eigenvalue weighted by molar-refractivity contribution is 7.11. The molecule has 0 aliphatic heterocycles. The average molecular weight is 254 g/mol. The number of thiazole rings is 1. The molecule has 0 amide bonds. The van der Waals surface area contributed by atoms with Gasteiger partial charge in [0, 0.05) is 17.5 Å². The van der Waals surface area contributed by atoms with Gasteiger partial charge in [-0.05, 0) is 27.2 Å². The van der Waals surface area contributed by atoms with Gasteiger partial charge in [0.25, 0.3) is 0 Å². The van der Waals surface area contributed by atoms with Gasteiger partial charge in [-0.2, -0.15) is 0 Å². The monoisotopic (exact) mass is 254 g/mol. The number of hydrogen-bond donors (Lipinski definition) is 1. The van der Waals surface area contributed by atoms with Gasteiger partial charge in [0.2, 0.25) is 0 Å². The third-order valence-corrected chi connectivity index (χ3v) is 4.17. The summed E-state index contributed by atoms with van der Waals surface area (Å²) in [4.78, 5) is 5.85. The van der Waals surface area contributed by atoms with Gasteiger partial charge in [-0.1, -0.05) is 32.6 Å². The zero-order valence-electron chi connectivity index (χ0n) is 11.7. The fourth-order valence-electron chi connectivity index (χ4n) is 1.98. The Hall–Kier alpha value is -0.410. The number of aryl methyl sites for hydroxylation is 2. The fraction of sp³-hybridized carbons (Fsp3) is 0.786. The maximum Gasteiger partial charge on any atom is 0.0900 e. The molecule has 3 heteroatoms. The highest BCUT2D eigenvalue weighted by Crippen LogP contribution is 2.17. The fourth-order valence-corrected chi connectivity index (χ4v) is 2.87. The molecular weight excluding hydrogens is 228 g/mol. The lowest BCUT2D eigenvalue weighted by molar-refractivity contribution is 0.484. The molecule has 0 spiro atoms. The van der Waals surface area contributed by atoms with Crippen LogP contribution in [-0.2, 0) is 6.54 Å². The van der Waals surface area contributed by atoms with Crippen molar-refractivity contribution in [1.82, 2.24) is 10.3 Å². The zero-order valence-corrected chi connectivity index (χ0v) is 12.5. The summed E-state index contributed by atoms with van der Waals surface area (Å²) in [6.45, 7) is 9.71. The number of aromatic nitrogens is 1. The third-order valence-electron chi connectivity index (χ3n) is 3.10. The van der Waals surface area contributed by atoms with Gasteiger partial charge in [0.15, 0.2) is 0 Å². The van der Waals surface area contributed by atoms with E-state index in [2.05, 4.69) is 38.0 Å². The minimum Gasteiger partial charge on any atom is -0.309 e. The topological polar surface area (TPSA) is 24.9 Å². The molecule has 0 bridgehead atoms. The minimum absolute atomic E-state index is 0.619. The van der Waals surface area contributed by atoms with Crippen LogP contribution in [0.2, 0.25) is 0 Å². The first kappa shape index (κ1) is 14.7. The summed E-state index contributed by atoms with van der Waals surface area (Å²) in [5, 5.41) is 4.78. The number of nitrogens with zero attached hydrogens (tertiary/aromatic N) is 1. The summed E-state index contributed by atoms with van der Waals surface area (Å²) in [7, 11) is 0. The van der Waals surface area contributed by atoms with E-state index in [1.807, 2.05) is 11.3 Å². The SMILES string of the molecule is CCCCCCC(C)NCc1sc(C)nc1C. The van der Waals surface area contributed by atoms with Crippen LogP contribution in [-0.4, -0.2) is 11.0 Å². The summed E-state index contributed by atoms with van der Waals surface area (Å²) in [6, 6.07) is 0.619. The molecule has 0 radical (unpaired) electrons. The molecule has 1 unspecified atom stereocenters. The lowest BCUT2D eigenvalue weighted by Gasteiger charge is -2.12. The van der Waals surface area contributed by atoms with E-state index in [0.29, 0.717) is 6.04 Å². The Morgan fingerprint density at radius 3 is 2.59 bits per heavy atom. The zero-order chi connectivity index (χ0) is 12.7. The molecular formula is C14H26N2S. The quantitative estimate of drug-likeness (QED) is 0.703. The molecule has 98 valence electrons. The van der Waals surface area contributed by atoms with Crippen molar-refractivity contribution in [3.05, 3.63) is 15.6 Å². The van der Waals surface area contributed by atoms with Gasteiger partial charge in [0.1, 0.15) is 0 Å². The first-order chi connectivity index (χ1) is 8.13. The van der Waals surface area contributed by atoms with Crippen LogP contribution in [0.4, 0.5) is 0 Å². The molecule has 1 atom stereocenters. The normalized spacial score (nSPS) is 12.9. The van der Waals surface area contributed by atoms with Crippen LogP contribution in [0.1, 0.15) is 61.5 Å². The largest absolute Gasteiger partial charge is 0.309 e. The molecule has 1 aromatic heterocycles. The van der Waals surface area contributed by atoms with Crippen LogP contribution in [0.3, 0.4) is 0 Å². The van der Waals surface area contributed by atoms with E-state index in [0.717, 1.165) is 6.54 Å². The molecule has 2 nitrogen and oxygen atoms in total. The molecule has 0 aliphatic rings. The Labute approximate surface area is 110 Å². The Kier molecular flexibility index (Phi) is 6.75. The minimum atomic E-state index is 0.619. The number of rotatable bonds is 8. The summed E-state index contributed by atoms with van der Waals surface area (Å²) >= 11 is 1.81. The van der Waals surface area contributed by atoms with Crippen LogP contribution < -0.4 is 5.32 Å². The van der Waals surface area contributed by atoms with E-state index in [1.165, 1.54) is 47.7 Å². The second-order valence-corrected chi connectivity index (χ2v) is 6.16. The molecule has 1 aromatic rings. The second kappa shape index (κ2) is 7.83. The predicted molar refractivity (Wildman–Crippen MR) is 76.6 cm³/mol. The molecule has 1 heterocycles. The Morgan fingerprint density at radius 1 is 1.24 bits per heavy atom. The van der Waals surface area contributed by atoms with E-state index < -0.39 is 0 Å². The van der Waals surface area contributed by atoms with Gasteiger partial charge in [0.05, 0.1) is 10.7 Å². The Balaban J connectivity index is 2.19. The lowest BCUT2D eigenvalue weighted by Crippen LogP contribution is -2.25. The lowest BCUT2D eigenvalue weighted by atomic mass is 10.1. The summed E-state index contributed by atoms with van der Waals surface area (Å²) in [6.07, 6.45) is 6.71. The van der Waals surface area contributed by atoms with E-state index in [-0.39, 0.29) is 0 Å². The van der Waals surface area contributed by atoms with Crippen molar-refractivity contribution in [2.75, 3.05) is 0 Å². The third kappa shape index (κ3) is 5.64. The smallest absolute Gasteiger partial charge is 0.0900 e. The molecule has 0 aliphatic carbocycles. The maximum atomic E-state index is 4.45. The van der Waals surface area contributed by atoms with E-state index >= 15 is 0 Å². The highest BCUT2D eigenvalue weighted by atomic mass is 32.1. The van der Waals surface area contributed by atoms with Crippen LogP contribution in [0.25, 0.3) is 0 Å². The maximum absolute atomic E-state index is 4.45. The van der Waals surface area contributed by atoms with Crippen LogP contribution in [0.15, 0.2) is 0 Å². The predicted octanol–water partition coefficient (Wildman–Crippen LogP) is 4.21. The molecule has 0 aromatic carbocycles. The average Bonchev–Trinajstić information content (AvgIpc) is 2.61. The molecule has 0 saturated heterocycles. The summed E-state index contributed by atoms with van der Waals surface area (Å²) in [5.41, 5.74) is 1.19. The number of unbranched alkanes of at least 4 members (excludes halogenated alkanes) is 3. The number of hydrogen-bond acceptors (Lipinski definition) is 3. The summed E-state index contributed by atoms with van der Waals surface area (Å²) in [5.74, 6) is 0. The van der Waals surface area contributed by atoms with Gasteiger partial charge in [-0.25, -0.2) is 4.98 Å². The van der Waals surface area contributed by atoms with Crippen molar-refractivity contribution in [1.29, 1.82) is 0 Å². The first-order valence-corrected chi connectivity index (χ1v) is 7.61. The summed E-state index contributed by atoms with van der Waals surface area (Å²) < 4.78 is 0. The van der Waals surface area contributed by atoms with Gasteiger partial charge < -0.3 is 5.32 Å². The van der Waals surface area contributed by atoms with E-state index in [1.54, 1.807) is 0 Å². The van der Waals surface area contributed by atoms with Crippen LogP contribution >= 0.6 is 11.3 Å². The molecule has 0 fully saturated rings. The van der Waals surface area contributed by atoms with Crippen molar-refractivity contribution >= 4 is 11.3 Å². The van der Waals surface area contributed by atoms with E-state index in [4.69, 9.17) is 0 Å². The van der Waals surface area contributed by atoms with Crippen LogP contribution in [0.5, 0.6) is 0 Å². The standard InChI is InChI=1S/C14H26N2S/c1-5-6-7-8-9-11(2)15-10-14-12(3)16-13(4)17-14/h11,15H,5-10H2,1-4H3. The molecule has 1 N–H and O–H groups in total. The molecule has 17 heavy (non-hydrogen) atoms. The second-order valence-electron chi connectivity index (χ2n) is 4.87. The molecule has 0 saturated carbocycles. The Morgan fingerprint density at radius 2 is 2.00 bits per heavy atom. The van der Waals surface area contributed by atoms with Gasteiger partial charge in [-0.15, -0.1) is 11.3 Å². The first-order valence-electron chi connectivity index (χ1n) is 6.79. The van der Waals surface area contributed by atoms with Crippen molar-refractivity contribution in [3.8, 4) is 0 Å². The van der Waals surface area contributed by atoms with Gasteiger partial charge >= 0.3 is 0 Å². The van der Waals surface area contributed by atoms with Crippen molar-refractivity contribution < 1.29 is 0 Å². The molecule has 1 rings (SSSR count). The highest BCUT2D eigenvalue weighted by Gasteiger charge is 2.06.